The molecule has 1 N–H and O–H groups in total. The van der Waals surface area contributed by atoms with Crippen LogP contribution < -0.4 is 5.32 Å². The van der Waals surface area contributed by atoms with Crippen LogP contribution in [0.1, 0.15) is 24.2 Å². The minimum Gasteiger partial charge on any atom is -0.374 e. The van der Waals surface area contributed by atoms with E-state index in [9.17, 15) is 0 Å². The van der Waals surface area contributed by atoms with Crippen LogP contribution >= 0.6 is 11.6 Å². The molecule has 2 aromatic rings. The monoisotopic (exact) mass is 348 g/mol. The first kappa shape index (κ1) is 17.4. The maximum atomic E-state index is 6.17. The zero-order valence-electron chi connectivity index (χ0n) is 14.3. The van der Waals surface area contributed by atoms with Crippen molar-refractivity contribution in [1.82, 2.24) is 20.0 Å². The summed E-state index contributed by atoms with van der Waals surface area (Å²) in [6.45, 7) is 6.44. The highest BCUT2D eigenvalue weighted by molar-refractivity contribution is 6.31. The van der Waals surface area contributed by atoms with Gasteiger partial charge in [0.05, 0.1) is 35.7 Å². The highest BCUT2D eigenvalue weighted by atomic mass is 35.5. The number of aromatic nitrogens is 2. The maximum absolute atomic E-state index is 6.17. The summed E-state index contributed by atoms with van der Waals surface area (Å²) in [6, 6.07) is 10.9. The van der Waals surface area contributed by atoms with Gasteiger partial charge in [-0.2, -0.15) is 5.10 Å². The van der Waals surface area contributed by atoms with Gasteiger partial charge in [-0.3, -0.25) is 9.58 Å². The molecule has 0 bridgehead atoms. The van der Waals surface area contributed by atoms with Crippen LogP contribution in [0.4, 0.5) is 0 Å². The summed E-state index contributed by atoms with van der Waals surface area (Å²) < 4.78 is 7.91. The van der Waals surface area contributed by atoms with Crippen LogP contribution in [-0.2, 0) is 18.3 Å². The molecule has 1 saturated heterocycles. The number of nitrogens with zero attached hydrogens (tertiary/aromatic N) is 3. The molecule has 1 aromatic carbocycles. The quantitative estimate of drug-likeness (QED) is 0.871. The van der Waals surface area contributed by atoms with E-state index in [1.54, 1.807) is 6.20 Å². The van der Waals surface area contributed by atoms with E-state index in [4.69, 9.17) is 16.3 Å². The lowest BCUT2D eigenvalue weighted by molar-refractivity contribution is -0.0695. The number of morpholine rings is 1. The Kier molecular flexibility index (Phi) is 5.89. The molecule has 0 amide bonds. The summed E-state index contributed by atoms with van der Waals surface area (Å²) in [4.78, 5) is 2.49. The van der Waals surface area contributed by atoms with E-state index in [-0.39, 0.29) is 12.1 Å². The summed E-state index contributed by atoms with van der Waals surface area (Å²) >= 11 is 6.17. The lowest BCUT2D eigenvalue weighted by Crippen LogP contribution is -2.48. The van der Waals surface area contributed by atoms with E-state index in [0.717, 1.165) is 31.9 Å². The summed E-state index contributed by atoms with van der Waals surface area (Å²) in [7, 11) is 1.91. The Labute approximate surface area is 148 Å². The van der Waals surface area contributed by atoms with Crippen molar-refractivity contribution in [2.24, 2.45) is 7.05 Å². The van der Waals surface area contributed by atoms with Crippen molar-refractivity contribution in [2.75, 3.05) is 26.2 Å². The fraction of sp³-hybridized carbons (Fsp3) is 0.500. The molecule has 3 rings (SSSR count). The third kappa shape index (κ3) is 3.81. The Balaban J connectivity index is 1.68. The number of ether oxygens (including phenoxy) is 1. The van der Waals surface area contributed by atoms with Gasteiger partial charge >= 0.3 is 0 Å². The fourth-order valence-electron chi connectivity index (χ4n) is 3.36. The molecule has 0 saturated carbocycles. The first-order valence-corrected chi connectivity index (χ1v) is 8.86. The smallest absolute Gasteiger partial charge is 0.0896 e. The highest BCUT2D eigenvalue weighted by Crippen LogP contribution is 2.29. The fourth-order valence-corrected chi connectivity index (χ4v) is 3.59. The zero-order chi connectivity index (χ0) is 16.9. The van der Waals surface area contributed by atoms with E-state index >= 15 is 0 Å². The highest BCUT2D eigenvalue weighted by Gasteiger charge is 2.32. The molecular formula is C18H25ClN4O. The van der Waals surface area contributed by atoms with Crippen molar-refractivity contribution >= 4 is 11.6 Å². The predicted octanol–water partition coefficient (Wildman–Crippen LogP) is 2.63. The molecule has 24 heavy (non-hydrogen) atoms. The van der Waals surface area contributed by atoms with Gasteiger partial charge in [-0.05, 0) is 12.1 Å². The number of benzene rings is 1. The van der Waals surface area contributed by atoms with Gasteiger partial charge in [0, 0.05) is 26.7 Å². The van der Waals surface area contributed by atoms with Gasteiger partial charge in [0.15, 0.2) is 0 Å². The molecule has 1 fully saturated rings. The molecule has 1 aromatic heterocycles. The SMILES string of the molecule is CCN1CCO[C@@H](CNCc2c(Cl)cnn2C)[C@@H]1c1ccccc1. The van der Waals surface area contributed by atoms with Gasteiger partial charge in [0.1, 0.15) is 0 Å². The largest absolute Gasteiger partial charge is 0.374 e. The summed E-state index contributed by atoms with van der Waals surface area (Å²) in [5.74, 6) is 0. The minimum atomic E-state index is 0.119. The van der Waals surface area contributed by atoms with E-state index in [2.05, 4.69) is 52.6 Å². The lowest BCUT2D eigenvalue weighted by Gasteiger charge is -2.41. The molecule has 2 heterocycles. The number of nitrogens with one attached hydrogen (secondary N) is 1. The molecule has 2 atom stereocenters. The molecule has 130 valence electrons. The maximum Gasteiger partial charge on any atom is 0.0896 e. The Morgan fingerprint density at radius 3 is 2.79 bits per heavy atom. The number of aryl methyl sites for hydroxylation is 1. The topological polar surface area (TPSA) is 42.3 Å². The zero-order valence-corrected chi connectivity index (χ0v) is 15.0. The predicted molar refractivity (Wildman–Crippen MR) is 96.1 cm³/mol. The van der Waals surface area contributed by atoms with E-state index in [0.29, 0.717) is 11.6 Å². The van der Waals surface area contributed by atoms with Gasteiger partial charge in [0.2, 0.25) is 0 Å². The average Bonchev–Trinajstić information content (AvgIpc) is 2.94. The summed E-state index contributed by atoms with van der Waals surface area (Å²) in [5, 5.41) is 8.36. The van der Waals surface area contributed by atoms with Crippen molar-refractivity contribution in [3.63, 3.8) is 0 Å². The van der Waals surface area contributed by atoms with Crippen LogP contribution in [-0.4, -0.2) is 47.0 Å². The van der Waals surface area contributed by atoms with Gasteiger partial charge in [-0.1, -0.05) is 48.9 Å². The van der Waals surface area contributed by atoms with Crippen molar-refractivity contribution < 1.29 is 4.74 Å². The second-order valence-corrected chi connectivity index (χ2v) is 6.49. The van der Waals surface area contributed by atoms with Crippen molar-refractivity contribution in [2.45, 2.75) is 25.6 Å². The second kappa shape index (κ2) is 8.12. The molecule has 0 aliphatic carbocycles. The van der Waals surface area contributed by atoms with Crippen LogP contribution in [0.5, 0.6) is 0 Å². The molecule has 1 aliphatic rings. The first-order chi connectivity index (χ1) is 11.7. The van der Waals surface area contributed by atoms with Crippen LogP contribution in [0.2, 0.25) is 5.02 Å². The van der Waals surface area contributed by atoms with E-state index < -0.39 is 0 Å². The van der Waals surface area contributed by atoms with Gasteiger partial charge < -0.3 is 10.1 Å². The van der Waals surface area contributed by atoms with Gasteiger partial charge in [0.25, 0.3) is 0 Å². The van der Waals surface area contributed by atoms with Crippen LogP contribution in [0.3, 0.4) is 0 Å². The Hall–Kier alpha value is -1.40. The van der Waals surface area contributed by atoms with Crippen molar-refractivity contribution in [3.8, 4) is 0 Å². The molecule has 1 aliphatic heterocycles. The van der Waals surface area contributed by atoms with Crippen LogP contribution in [0, 0.1) is 0 Å². The average molecular weight is 349 g/mol. The standard InChI is InChI=1S/C18H25ClN4O/c1-3-23-9-10-24-17(18(23)14-7-5-4-6-8-14)13-20-12-16-15(19)11-21-22(16)2/h4-8,11,17-18,20H,3,9-10,12-13H2,1-2H3/t17-,18-/m0/s1. The van der Waals surface area contributed by atoms with Gasteiger partial charge in [-0.15, -0.1) is 0 Å². The molecule has 0 unspecified atom stereocenters. The van der Waals surface area contributed by atoms with Crippen molar-refractivity contribution in [1.29, 1.82) is 0 Å². The Morgan fingerprint density at radius 2 is 2.12 bits per heavy atom. The minimum absolute atomic E-state index is 0.119. The normalized spacial score (nSPS) is 22.0. The van der Waals surface area contributed by atoms with Gasteiger partial charge in [-0.25, -0.2) is 0 Å². The molecule has 0 radical (unpaired) electrons. The molecule has 6 heteroatoms. The van der Waals surface area contributed by atoms with E-state index in [1.807, 2.05) is 11.7 Å². The molecule has 0 spiro atoms. The van der Waals surface area contributed by atoms with Crippen LogP contribution in [0.15, 0.2) is 36.5 Å². The number of hydrogen-bond acceptors (Lipinski definition) is 4. The third-order valence-corrected chi connectivity index (χ3v) is 4.97. The summed E-state index contributed by atoms with van der Waals surface area (Å²) in [5.41, 5.74) is 2.31. The number of rotatable bonds is 6. The number of hydrogen-bond donors (Lipinski definition) is 1. The first-order valence-electron chi connectivity index (χ1n) is 8.48. The number of likely N-dealkylation sites (N-methyl/N-ethyl adjacent to an activating group) is 1. The lowest BCUT2D eigenvalue weighted by atomic mass is 9.98. The van der Waals surface area contributed by atoms with Crippen LogP contribution in [0.25, 0.3) is 0 Å². The second-order valence-electron chi connectivity index (χ2n) is 6.09. The molecular weight excluding hydrogens is 324 g/mol. The molecule has 5 nitrogen and oxygen atoms in total. The Morgan fingerprint density at radius 1 is 1.33 bits per heavy atom. The van der Waals surface area contributed by atoms with E-state index in [1.165, 1.54) is 5.56 Å². The number of halogens is 1. The Bertz CT molecular complexity index is 626. The summed E-state index contributed by atoms with van der Waals surface area (Å²) in [6.07, 6.45) is 1.80. The van der Waals surface area contributed by atoms with Crippen molar-refractivity contribution in [3.05, 3.63) is 52.8 Å². The third-order valence-electron chi connectivity index (χ3n) is 4.65.